The Balaban J connectivity index is 2.96. The summed E-state index contributed by atoms with van der Waals surface area (Å²) in [5.41, 5.74) is 0.387. The fourth-order valence-electron chi connectivity index (χ4n) is 0.925. The number of aliphatic imine (C=N–C) groups is 1. The fourth-order valence-corrected chi connectivity index (χ4v) is 1.38. The van der Waals surface area contributed by atoms with Crippen LogP contribution in [0.2, 0.25) is 0 Å². The molecule has 86 valence electrons. The summed E-state index contributed by atoms with van der Waals surface area (Å²) in [6.07, 6.45) is 3.06. The quantitative estimate of drug-likeness (QED) is 0.483. The molecule has 0 fully saturated rings. The number of nitrogens with zero attached hydrogens (tertiary/aromatic N) is 3. The number of carbonyl (C=O) groups excluding carboxylic acids is 1. The molecular formula is C10H12BrN3O2. The molecule has 1 rings (SSSR count). The van der Waals surface area contributed by atoms with E-state index in [1.165, 1.54) is 13.3 Å². The van der Waals surface area contributed by atoms with E-state index in [9.17, 15) is 4.79 Å². The average Bonchev–Trinajstić information content (AvgIpc) is 2.26. The van der Waals surface area contributed by atoms with Gasteiger partial charge in [-0.3, -0.25) is 0 Å². The van der Waals surface area contributed by atoms with Crippen LogP contribution < -0.4 is 0 Å². The van der Waals surface area contributed by atoms with E-state index in [1.54, 1.807) is 17.3 Å². The number of halogens is 1. The molecule has 0 N–H and O–H groups in total. The van der Waals surface area contributed by atoms with Gasteiger partial charge in [0.05, 0.1) is 23.5 Å². The van der Waals surface area contributed by atoms with Gasteiger partial charge in [0.1, 0.15) is 0 Å². The Morgan fingerprint density at radius 2 is 2.31 bits per heavy atom. The van der Waals surface area contributed by atoms with Crippen LogP contribution in [0.25, 0.3) is 0 Å². The second-order valence-corrected chi connectivity index (χ2v) is 4.08. The Morgan fingerprint density at radius 3 is 2.81 bits per heavy atom. The van der Waals surface area contributed by atoms with Crippen molar-refractivity contribution in [2.24, 2.45) is 4.99 Å². The molecule has 16 heavy (non-hydrogen) atoms. The number of methoxy groups -OCH3 is 1. The third-order valence-corrected chi connectivity index (χ3v) is 2.24. The summed E-state index contributed by atoms with van der Waals surface area (Å²) >= 11 is 3.29. The highest BCUT2D eigenvalue weighted by Crippen LogP contribution is 2.23. The zero-order chi connectivity index (χ0) is 12.1. The molecule has 0 atom stereocenters. The molecule has 1 aromatic heterocycles. The first kappa shape index (κ1) is 12.6. The van der Waals surface area contributed by atoms with Gasteiger partial charge in [-0.2, -0.15) is 0 Å². The lowest BCUT2D eigenvalue weighted by atomic mass is 10.3. The molecule has 0 saturated carbocycles. The van der Waals surface area contributed by atoms with Crippen molar-refractivity contribution < 1.29 is 9.53 Å². The monoisotopic (exact) mass is 285 g/mol. The molecule has 0 aromatic carbocycles. The molecule has 1 aromatic rings. The minimum absolute atomic E-state index is 0.387. The van der Waals surface area contributed by atoms with Crippen molar-refractivity contribution in [1.29, 1.82) is 0 Å². The maximum Gasteiger partial charge on any atom is 0.339 e. The first-order chi connectivity index (χ1) is 7.54. The van der Waals surface area contributed by atoms with Crippen molar-refractivity contribution in [2.75, 3.05) is 21.2 Å². The van der Waals surface area contributed by atoms with Crippen molar-refractivity contribution in [3.63, 3.8) is 0 Å². The summed E-state index contributed by atoms with van der Waals surface area (Å²) in [6.45, 7) is 0. The molecule has 0 aliphatic carbocycles. The maximum atomic E-state index is 11.2. The van der Waals surface area contributed by atoms with E-state index in [0.29, 0.717) is 15.9 Å². The largest absolute Gasteiger partial charge is 0.465 e. The van der Waals surface area contributed by atoms with Gasteiger partial charge in [0.15, 0.2) is 5.82 Å². The Labute approximate surface area is 102 Å². The molecule has 6 heteroatoms. The van der Waals surface area contributed by atoms with Gasteiger partial charge in [-0.1, -0.05) is 0 Å². The Kier molecular flexibility index (Phi) is 4.42. The van der Waals surface area contributed by atoms with Gasteiger partial charge in [0.25, 0.3) is 0 Å². The first-order valence-electron chi connectivity index (χ1n) is 4.49. The Morgan fingerprint density at radius 1 is 1.62 bits per heavy atom. The predicted molar refractivity (Wildman–Crippen MR) is 65.1 cm³/mol. The maximum absolute atomic E-state index is 11.2. The Hall–Kier alpha value is -1.43. The minimum Gasteiger partial charge on any atom is -0.465 e. The van der Waals surface area contributed by atoms with E-state index < -0.39 is 5.97 Å². The SMILES string of the molecule is COC(=O)c1cnc(/N=C/N(C)C)c(Br)c1. The summed E-state index contributed by atoms with van der Waals surface area (Å²) < 4.78 is 5.23. The molecule has 0 amide bonds. The highest BCUT2D eigenvalue weighted by molar-refractivity contribution is 9.10. The van der Waals surface area contributed by atoms with E-state index in [0.717, 1.165) is 0 Å². The van der Waals surface area contributed by atoms with Crippen LogP contribution in [-0.4, -0.2) is 43.4 Å². The molecule has 0 radical (unpaired) electrons. The van der Waals surface area contributed by atoms with E-state index in [1.807, 2.05) is 14.1 Å². The van der Waals surface area contributed by atoms with E-state index >= 15 is 0 Å². The van der Waals surface area contributed by atoms with Crippen LogP contribution in [-0.2, 0) is 4.74 Å². The van der Waals surface area contributed by atoms with Crippen LogP contribution in [0, 0.1) is 0 Å². The lowest BCUT2D eigenvalue weighted by molar-refractivity contribution is 0.0600. The van der Waals surface area contributed by atoms with Crippen LogP contribution in [0.4, 0.5) is 5.82 Å². The zero-order valence-corrected chi connectivity index (χ0v) is 10.9. The second kappa shape index (κ2) is 5.60. The van der Waals surface area contributed by atoms with Gasteiger partial charge in [-0.25, -0.2) is 14.8 Å². The van der Waals surface area contributed by atoms with Gasteiger partial charge >= 0.3 is 5.97 Å². The number of hydrogen-bond donors (Lipinski definition) is 0. The minimum atomic E-state index is -0.420. The van der Waals surface area contributed by atoms with Crippen molar-refractivity contribution in [3.05, 3.63) is 22.3 Å². The van der Waals surface area contributed by atoms with Gasteiger partial charge in [-0.05, 0) is 22.0 Å². The van der Waals surface area contributed by atoms with Crippen LogP contribution in [0.3, 0.4) is 0 Å². The van der Waals surface area contributed by atoms with Crippen molar-refractivity contribution in [2.45, 2.75) is 0 Å². The molecular weight excluding hydrogens is 274 g/mol. The lowest BCUT2D eigenvalue weighted by Gasteiger charge is -2.04. The van der Waals surface area contributed by atoms with Gasteiger partial charge in [0, 0.05) is 20.3 Å². The van der Waals surface area contributed by atoms with Crippen molar-refractivity contribution in [3.8, 4) is 0 Å². The van der Waals surface area contributed by atoms with E-state index in [4.69, 9.17) is 0 Å². The highest BCUT2D eigenvalue weighted by Gasteiger charge is 2.08. The molecule has 0 aliphatic heterocycles. The van der Waals surface area contributed by atoms with Gasteiger partial charge < -0.3 is 9.64 Å². The van der Waals surface area contributed by atoms with Crippen molar-refractivity contribution in [1.82, 2.24) is 9.88 Å². The predicted octanol–water partition coefficient (Wildman–Crippen LogP) is 1.85. The third kappa shape index (κ3) is 3.30. The summed E-state index contributed by atoms with van der Waals surface area (Å²) in [5, 5.41) is 0. The Bertz CT molecular complexity index is 419. The normalized spacial score (nSPS) is 10.5. The number of pyridine rings is 1. The van der Waals surface area contributed by atoms with Gasteiger partial charge in [-0.15, -0.1) is 0 Å². The number of aromatic nitrogens is 1. The highest BCUT2D eigenvalue weighted by atomic mass is 79.9. The van der Waals surface area contributed by atoms with E-state index in [2.05, 4.69) is 30.6 Å². The molecule has 0 saturated heterocycles. The molecule has 0 unspecified atom stereocenters. The van der Waals surface area contributed by atoms with Crippen molar-refractivity contribution >= 4 is 34.1 Å². The number of hydrogen-bond acceptors (Lipinski definition) is 4. The van der Waals surface area contributed by atoms with Crippen LogP contribution in [0.5, 0.6) is 0 Å². The lowest BCUT2D eigenvalue weighted by Crippen LogP contribution is -2.07. The van der Waals surface area contributed by atoms with Crippen LogP contribution in [0.1, 0.15) is 10.4 Å². The molecule has 1 heterocycles. The standard InChI is InChI=1S/C10H12BrN3O2/c1-14(2)6-13-9-8(11)4-7(5-12-9)10(15)16-3/h4-6H,1-3H3/b13-6+. The summed E-state index contributed by atoms with van der Waals surface area (Å²) in [6, 6.07) is 1.63. The number of carbonyl (C=O) groups is 1. The van der Waals surface area contributed by atoms with Gasteiger partial charge in [0.2, 0.25) is 0 Å². The topological polar surface area (TPSA) is 54.8 Å². The molecule has 0 spiro atoms. The molecule has 0 bridgehead atoms. The number of ether oxygens (including phenoxy) is 1. The number of rotatable bonds is 3. The number of esters is 1. The smallest absolute Gasteiger partial charge is 0.339 e. The fraction of sp³-hybridized carbons (Fsp3) is 0.300. The third-order valence-electron chi connectivity index (χ3n) is 1.65. The summed E-state index contributed by atoms with van der Waals surface area (Å²) in [7, 11) is 5.05. The van der Waals surface area contributed by atoms with Crippen LogP contribution >= 0.6 is 15.9 Å². The average molecular weight is 286 g/mol. The van der Waals surface area contributed by atoms with E-state index in [-0.39, 0.29) is 0 Å². The first-order valence-corrected chi connectivity index (χ1v) is 5.28. The molecule has 0 aliphatic rings. The molecule has 5 nitrogen and oxygen atoms in total. The van der Waals surface area contributed by atoms with Crippen LogP contribution in [0.15, 0.2) is 21.7 Å². The second-order valence-electron chi connectivity index (χ2n) is 3.23. The summed E-state index contributed by atoms with van der Waals surface area (Å²) in [4.78, 5) is 21.2. The summed E-state index contributed by atoms with van der Waals surface area (Å²) in [5.74, 6) is 0.0951. The zero-order valence-electron chi connectivity index (χ0n) is 9.27.